The molecule has 2 aromatic rings. The average molecular weight is 565 g/mol. The molecule has 40 heavy (non-hydrogen) atoms. The molecule has 1 heterocycles. The predicted molar refractivity (Wildman–Crippen MR) is 160 cm³/mol. The molecule has 2 N–H and O–H groups in total. The van der Waals surface area contributed by atoms with Crippen LogP contribution in [0.5, 0.6) is 0 Å². The Morgan fingerprint density at radius 2 is 2.02 bits per heavy atom. The van der Waals surface area contributed by atoms with Crippen LogP contribution in [-0.2, 0) is 29.1 Å². The number of nitrogens with one attached hydrogen (secondary N) is 1. The van der Waals surface area contributed by atoms with E-state index in [1.807, 2.05) is 24.3 Å². The van der Waals surface area contributed by atoms with Gasteiger partial charge >= 0.3 is 0 Å². The number of ketones is 1. The molecule has 1 aliphatic rings. The largest absolute Gasteiger partial charge is 0.396 e. The van der Waals surface area contributed by atoms with Gasteiger partial charge in [0.1, 0.15) is 12.8 Å². The van der Waals surface area contributed by atoms with Crippen LogP contribution in [0.25, 0.3) is 5.57 Å². The second kappa shape index (κ2) is 14.0. The van der Waals surface area contributed by atoms with Crippen molar-refractivity contribution < 1.29 is 19.4 Å². The predicted octanol–water partition coefficient (Wildman–Crippen LogP) is 5.13. The molecular formula is C31H44N4O4Si. The van der Waals surface area contributed by atoms with Crippen LogP contribution in [0.15, 0.2) is 30.5 Å². The summed E-state index contributed by atoms with van der Waals surface area (Å²) in [5.41, 5.74) is 4.38. The third-order valence-electron chi connectivity index (χ3n) is 7.23. The molecule has 0 fully saturated rings. The average Bonchev–Trinajstić information content (AvgIpc) is 3.31. The first kappa shape index (κ1) is 31.5. The molecule has 0 bridgehead atoms. The van der Waals surface area contributed by atoms with E-state index in [0.717, 1.165) is 42.0 Å². The number of aliphatic hydroxyl groups excluding tert-OH is 1. The third kappa shape index (κ3) is 9.54. The van der Waals surface area contributed by atoms with Gasteiger partial charge in [0.25, 0.3) is 0 Å². The van der Waals surface area contributed by atoms with Crippen molar-refractivity contribution in [3.63, 3.8) is 0 Å². The van der Waals surface area contributed by atoms with E-state index < -0.39 is 8.07 Å². The van der Waals surface area contributed by atoms with Crippen LogP contribution >= 0.6 is 0 Å². The van der Waals surface area contributed by atoms with Crippen LogP contribution in [0, 0.1) is 16.7 Å². The van der Waals surface area contributed by atoms with E-state index in [9.17, 15) is 14.9 Å². The maximum Gasteiger partial charge on any atom is 0.224 e. The number of ether oxygens (including phenoxy) is 1. The van der Waals surface area contributed by atoms with Crippen molar-refractivity contribution >= 4 is 25.3 Å². The third-order valence-corrected chi connectivity index (χ3v) is 8.94. The zero-order valence-electron chi connectivity index (χ0n) is 24.7. The van der Waals surface area contributed by atoms with Crippen LogP contribution < -0.4 is 5.32 Å². The fraction of sp³-hybridized carbons (Fsp3) is 0.548. The van der Waals surface area contributed by atoms with Crippen molar-refractivity contribution in [1.82, 2.24) is 14.9 Å². The Kier molecular flexibility index (Phi) is 11.0. The Morgan fingerprint density at radius 3 is 2.67 bits per heavy atom. The highest BCUT2D eigenvalue weighted by molar-refractivity contribution is 6.76. The second-order valence-electron chi connectivity index (χ2n) is 12.7. The number of allylic oxidation sites excluding steroid dienone is 2. The van der Waals surface area contributed by atoms with Crippen molar-refractivity contribution in [2.45, 2.75) is 84.8 Å². The van der Waals surface area contributed by atoms with Crippen LogP contribution in [-0.4, -0.2) is 54.2 Å². The number of carbonyl (C=O) groups is 2. The number of Topliss-reactive ketones (excluding diaryl/α,β-unsaturated/α-hetero) is 1. The summed E-state index contributed by atoms with van der Waals surface area (Å²) in [7, 11) is -1.25. The number of aromatic nitrogens is 2. The molecule has 9 heteroatoms. The van der Waals surface area contributed by atoms with Crippen molar-refractivity contribution in [3.8, 4) is 6.07 Å². The van der Waals surface area contributed by atoms with Crippen molar-refractivity contribution in [2.75, 3.05) is 19.8 Å². The topological polar surface area (TPSA) is 117 Å². The van der Waals surface area contributed by atoms with E-state index in [0.29, 0.717) is 19.6 Å². The normalized spacial score (nSPS) is 14.9. The lowest BCUT2D eigenvalue weighted by molar-refractivity contribution is -0.120. The Balaban J connectivity index is 1.84. The molecular weight excluding hydrogens is 520 g/mol. The first-order chi connectivity index (χ1) is 18.9. The minimum Gasteiger partial charge on any atom is -0.396 e. The van der Waals surface area contributed by atoms with Gasteiger partial charge in [-0.15, -0.1) is 0 Å². The molecule has 0 spiro atoms. The van der Waals surface area contributed by atoms with Crippen molar-refractivity contribution in [2.24, 2.45) is 5.41 Å². The highest BCUT2D eigenvalue weighted by atomic mass is 28.3. The van der Waals surface area contributed by atoms with Gasteiger partial charge in [-0.2, -0.15) is 5.26 Å². The Labute approximate surface area is 239 Å². The molecule has 0 saturated carbocycles. The monoisotopic (exact) mass is 564 g/mol. The molecule has 0 saturated heterocycles. The minimum atomic E-state index is -1.25. The Morgan fingerprint density at radius 1 is 1.25 bits per heavy atom. The molecule has 3 rings (SSSR count). The van der Waals surface area contributed by atoms with E-state index in [1.165, 1.54) is 5.57 Å². The zero-order valence-corrected chi connectivity index (χ0v) is 25.7. The highest BCUT2D eigenvalue weighted by Gasteiger charge is 2.25. The van der Waals surface area contributed by atoms with Gasteiger partial charge in [0, 0.05) is 40.5 Å². The Hall–Kier alpha value is -3.06. The molecule has 0 atom stereocenters. The second-order valence-corrected chi connectivity index (χ2v) is 18.3. The first-order valence-electron chi connectivity index (χ1n) is 14.2. The van der Waals surface area contributed by atoms with Crippen molar-refractivity contribution in [3.05, 3.63) is 58.7 Å². The van der Waals surface area contributed by atoms with Crippen LogP contribution in [0.2, 0.25) is 25.7 Å². The van der Waals surface area contributed by atoms with Gasteiger partial charge in [-0.25, -0.2) is 4.98 Å². The molecule has 216 valence electrons. The van der Waals surface area contributed by atoms with Crippen LogP contribution in [0.3, 0.4) is 0 Å². The zero-order chi connectivity index (χ0) is 29.3. The molecule has 0 unspecified atom stereocenters. The number of aliphatic hydroxyl groups is 1. The summed E-state index contributed by atoms with van der Waals surface area (Å²) in [6, 6.07) is 8.92. The number of benzene rings is 1. The van der Waals surface area contributed by atoms with Gasteiger partial charge < -0.3 is 19.7 Å². The van der Waals surface area contributed by atoms with Crippen LogP contribution in [0.1, 0.15) is 72.5 Å². The van der Waals surface area contributed by atoms with Gasteiger partial charge in [0.05, 0.1) is 6.42 Å². The summed E-state index contributed by atoms with van der Waals surface area (Å²) in [4.78, 5) is 30.3. The number of hydrogen-bond acceptors (Lipinski definition) is 6. The standard InChI is InChI=1S/C31H44N4O4Si/c1-31(2)11-9-24(10-12-31)27-17-23(18-29(38)33-13-6-14-36)7-8-25(27)19-28(37)30-34-26(20-32)21-35(30)22-39-15-16-40(3,4)5/h7-9,17,21,36H,6,10-16,18-19,22H2,1-5H3,(H,33,38). The maximum absolute atomic E-state index is 13.6. The van der Waals surface area contributed by atoms with Gasteiger partial charge in [-0.3, -0.25) is 9.59 Å². The molecule has 1 aliphatic carbocycles. The summed E-state index contributed by atoms with van der Waals surface area (Å²) in [6.07, 6.45) is 7.62. The fourth-order valence-corrected chi connectivity index (χ4v) is 5.40. The fourth-order valence-electron chi connectivity index (χ4n) is 4.65. The number of nitrogens with zero attached hydrogens (tertiary/aromatic N) is 3. The quantitative estimate of drug-likeness (QED) is 0.187. The van der Waals surface area contributed by atoms with E-state index in [2.05, 4.69) is 49.9 Å². The number of nitriles is 1. The van der Waals surface area contributed by atoms with E-state index in [4.69, 9.17) is 9.84 Å². The lowest BCUT2D eigenvalue weighted by atomic mass is 9.76. The molecule has 0 radical (unpaired) electrons. The highest BCUT2D eigenvalue weighted by Crippen LogP contribution is 2.39. The van der Waals surface area contributed by atoms with E-state index in [1.54, 1.807) is 10.8 Å². The Bertz CT molecular complexity index is 1270. The maximum atomic E-state index is 13.6. The summed E-state index contributed by atoms with van der Waals surface area (Å²) in [5, 5.41) is 21.2. The number of rotatable bonds is 14. The van der Waals surface area contributed by atoms with Crippen molar-refractivity contribution in [1.29, 1.82) is 5.26 Å². The number of hydrogen-bond donors (Lipinski definition) is 2. The molecule has 0 aliphatic heterocycles. The molecule has 1 aromatic carbocycles. The van der Waals surface area contributed by atoms with E-state index >= 15 is 0 Å². The van der Waals surface area contributed by atoms with Gasteiger partial charge in [0.2, 0.25) is 11.7 Å². The smallest absolute Gasteiger partial charge is 0.224 e. The number of imidazole rings is 1. The van der Waals surface area contributed by atoms with E-state index in [-0.39, 0.29) is 54.8 Å². The van der Waals surface area contributed by atoms with Gasteiger partial charge in [-0.05, 0) is 59.4 Å². The SMILES string of the molecule is CC1(C)CC=C(c2cc(CC(=O)NCCCO)ccc2CC(=O)c2nc(C#N)cn2COCC[Si](C)(C)C)CC1. The van der Waals surface area contributed by atoms with Gasteiger partial charge in [-0.1, -0.05) is 57.8 Å². The molecule has 8 nitrogen and oxygen atoms in total. The lowest BCUT2D eigenvalue weighted by Crippen LogP contribution is -2.26. The molecule has 1 amide bonds. The summed E-state index contributed by atoms with van der Waals surface area (Å²) >= 11 is 0. The minimum absolute atomic E-state index is 0.0380. The number of amides is 1. The first-order valence-corrected chi connectivity index (χ1v) is 17.9. The van der Waals surface area contributed by atoms with Gasteiger partial charge in [0.15, 0.2) is 11.5 Å². The van der Waals surface area contributed by atoms with Crippen LogP contribution in [0.4, 0.5) is 0 Å². The lowest BCUT2D eigenvalue weighted by Gasteiger charge is -2.29. The molecule has 1 aromatic heterocycles. The summed E-state index contributed by atoms with van der Waals surface area (Å²) in [5.74, 6) is -0.0495. The number of carbonyl (C=O) groups excluding carboxylic acids is 2. The summed E-state index contributed by atoms with van der Waals surface area (Å²) < 4.78 is 7.49. The summed E-state index contributed by atoms with van der Waals surface area (Å²) in [6.45, 7) is 12.6.